The third kappa shape index (κ3) is 2.65. The van der Waals surface area contributed by atoms with Gasteiger partial charge in [-0.05, 0) is 24.6 Å². The molecule has 3 amide bonds. The highest BCUT2D eigenvalue weighted by molar-refractivity contribution is 9.10. The molecule has 2 heterocycles. The van der Waals surface area contributed by atoms with E-state index < -0.39 is 6.09 Å². The number of amides is 3. The predicted molar refractivity (Wildman–Crippen MR) is 76.6 cm³/mol. The maximum absolute atomic E-state index is 12.4. The minimum Gasteiger partial charge on any atom is -0.439 e. The number of likely N-dealkylation sites (tertiary alicyclic amines) is 1. The molecule has 0 aromatic heterocycles. The maximum Gasteiger partial charge on any atom is 0.417 e. The first-order valence-electron chi connectivity index (χ1n) is 6.60. The van der Waals surface area contributed by atoms with E-state index in [4.69, 9.17) is 4.74 Å². The van der Waals surface area contributed by atoms with Crippen molar-refractivity contribution in [2.24, 2.45) is 0 Å². The maximum atomic E-state index is 12.4. The monoisotopic (exact) mass is 352 g/mol. The summed E-state index contributed by atoms with van der Waals surface area (Å²) >= 11 is 3.34. The van der Waals surface area contributed by atoms with Crippen LogP contribution in [0.1, 0.15) is 16.8 Å². The number of imide groups is 1. The van der Waals surface area contributed by atoms with Crippen LogP contribution in [0.15, 0.2) is 28.7 Å². The summed E-state index contributed by atoms with van der Waals surface area (Å²) in [5.74, 6) is -0.430. The summed E-state index contributed by atoms with van der Waals surface area (Å²) in [5.41, 5.74) is 0.584. The summed E-state index contributed by atoms with van der Waals surface area (Å²) in [4.78, 5) is 38.4. The zero-order valence-electron chi connectivity index (χ0n) is 11.1. The Morgan fingerprint density at radius 3 is 2.81 bits per heavy atom. The van der Waals surface area contributed by atoms with Crippen LogP contribution in [0.3, 0.4) is 0 Å². The molecule has 3 rings (SSSR count). The van der Waals surface area contributed by atoms with Gasteiger partial charge < -0.3 is 9.64 Å². The number of nitrogens with zero attached hydrogens (tertiary/aromatic N) is 2. The smallest absolute Gasteiger partial charge is 0.417 e. The Labute approximate surface area is 129 Å². The van der Waals surface area contributed by atoms with Gasteiger partial charge in [-0.25, -0.2) is 9.69 Å². The molecule has 110 valence electrons. The average molecular weight is 353 g/mol. The second kappa shape index (κ2) is 5.48. The molecule has 2 aliphatic heterocycles. The van der Waals surface area contributed by atoms with E-state index in [0.717, 1.165) is 9.37 Å². The van der Waals surface area contributed by atoms with Crippen molar-refractivity contribution < 1.29 is 19.1 Å². The van der Waals surface area contributed by atoms with E-state index in [2.05, 4.69) is 15.9 Å². The lowest BCUT2D eigenvalue weighted by Crippen LogP contribution is -2.42. The second-order valence-electron chi connectivity index (χ2n) is 5.02. The van der Waals surface area contributed by atoms with Crippen LogP contribution < -0.4 is 0 Å². The molecular formula is C14H13BrN2O4. The lowest BCUT2D eigenvalue weighted by atomic mass is 10.2. The van der Waals surface area contributed by atoms with Gasteiger partial charge in [0.25, 0.3) is 11.8 Å². The number of benzene rings is 1. The molecule has 0 aliphatic carbocycles. The van der Waals surface area contributed by atoms with Crippen molar-refractivity contribution in [2.75, 3.05) is 19.7 Å². The molecule has 7 heteroatoms. The van der Waals surface area contributed by atoms with Crippen molar-refractivity contribution in [3.8, 4) is 0 Å². The van der Waals surface area contributed by atoms with Gasteiger partial charge in [-0.1, -0.05) is 22.0 Å². The molecule has 1 atom stereocenters. The number of hydrogen-bond donors (Lipinski definition) is 0. The van der Waals surface area contributed by atoms with Crippen molar-refractivity contribution in [1.29, 1.82) is 0 Å². The number of hydrogen-bond acceptors (Lipinski definition) is 4. The molecule has 0 saturated carbocycles. The van der Waals surface area contributed by atoms with Crippen molar-refractivity contribution in [2.45, 2.75) is 12.5 Å². The van der Waals surface area contributed by atoms with Crippen LogP contribution in [-0.4, -0.2) is 53.4 Å². The SMILES string of the molecule is O=C(c1cccc(Br)c1)N1CCC(N2C(=O)COC2=O)C1. The number of cyclic esters (lactones) is 1. The number of halogens is 1. The molecule has 2 saturated heterocycles. The highest BCUT2D eigenvalue weighted by Crippen LogP contribution is 2.22. The van der Waals surface area contributed by atoms with Gasteiger partial charge in [0.05, 0.1) is 6.04 Å². The first-order chi connectivity index (χ1) is 10.1. The largest absolute Gasteiger partial charge is 0.439 e. The molecule has 6 nitrogen and oxygen atoms in total. The van der Waals surface area contributed by atoms with E-state index in [-0.39, 0.29) is 24.5 Å². The molecule has 0 bridgehead atoms. The molecule has 2 fully saturated rings. The van der Waals surface area contributed by atoms with Gasteiger partial charge in [-0.2, -0.15) is 0 Å². The lowest BCUT2D eigenvalue weighted by molar-refractivity contribution is -0.127. The van der Waals surface area contributed by atoms with Crippen LogP contribution in [0.2, 0.25) is 0 Å². The van der Waals surface area contributed by atoms with Gasteiger partial charge in [-0.3, -0.25) is 9.59 Å². The van der Waals surface area contributed by atoms with Crippen molar-refractivity contribution in [1.82, 2.24) is 9.80 Å². The molecule has 0 radical (unpaired) electrons. The Bertz CT molecular complexity index is 603. The Morgan fingerprint density at radius 1 is 1.33 bits per heavy atom. The second-order valence-corrected chi connectivity index (χ2v) is 5.94. The van der Waals surface area contributed by atoms with Gasteiger partial charge in [0.2, 0.25) is 0 Å². The number of carbonyl (C=O) groups is 3. The van der Waals surface area contributed by atoms with Gasteiger partial charge in [0, 0.05) is 23.1 Å². The van der Waals surface area contributed by atoms with Crippen molar-refractivity contribution in [3.63, 3.8) is 0 Å². The minimum atomic E-state index is -0.609. The summed E-state index contributed by atoms with van der Waals surface area (Å²) in [7, 11) is 0. The lowest BCUT2D eigenvalue weighted by Gasteiger charge is -2.20. The summed E-state index contributed by atoms with van der Waals surface area (Å²) in [6.45, 7) is 0.675. The predicted octanol–water partition coefficient (Wildman–Crippen LogP) is 1.64. The summed E-state index contributed by atoms with van der Waals surface area (Å²) < 4.78 is 5.55. The fraction of sp³-hybridized carbons (Fsp3) is 0.357. The van der Waals surface area contributed by atoms with Crippen LogP contribution in [0, 0.1) is 0 Å². The summed E-state index contributed by atoms with van der Waals surface area (Å²) in [6.07, 6.45) is -0.0256. The molecule has 21 heavy (non-hydrogen) atoms. The van der Waals surface area contributed by atoms with Gasteiger partial charge in [0.1, 0.15) is 0 Å². The normalized spacial score (nSPS) is 21.9. The molecule has 0 N–H and O–H groups in total. The van der Waals surface area contributed by atoms with Gasteiger partial charge in [0.15, 0.2) is 6.61 Å². The fourth-order valence-corrected chi connectivity index (χ4v) is 3.06. The zero-order chi connectivity index (χ0) is 15.0. The van der Waals surface area contributed by atoms with E-state index in [9.17, 15) is 14.4 Å². The Hall–Kier alpha value is -1.89. The number of rotatable bonds is 2. The third-order valence-corrected chi connectivity index (χ3v) is 4.17. The average Bonchev–Trinajstić information content (AvgIpc) is 3.05. The Balaban J connectivity index is 1.71. The Kier molecular flexibility index (Phi) is 3.67. The van der Waals surface area contributed by atoms with E-state index in [1.807, 2.05) is 6.07 Å². The standard InChI is InChI=1S/C14H13BrN2O4/c15-10-3-1-2-9(6-10)13(19)16-5-4-11(7-16)17-12(18)8-21-14(17)20/h1-3,6,11H,4-5,7-8H2. The van der Waals surface area contributed by atoms with Gasteiger partial charge in [-0.15, -0.1) is 0 Å². The first-order valence-corrected chi connectivity index (χ1v) is 7.39. The molecule has 1 unspecified atom stereocenters. The number of ether oxygens (including phenoxy) is 1. The van der Waals surface area contributed by atoms with Crippen LogP contribution >= 0.6 is 15.9 Å². The molecule has 2 aliphatic rings. The van der Waals surface area contributed by atoms with E-state index >= 15 is 0 Å². The van der Waals surface area contributed by atoms with Gasteiger partial charge >= 0.3 is 6.09 Å². The minimum absolute atomic E-state index is 0.0983. The van der Waals surface area contributed by atoms with Crippen molar-refractivity contribution in [3.05, 3.63) is 34.3 Å². The highest BCUT2D eigenvalue weighted by atomic mass is 79.9. The quantitative estimate of drug-likeness (QED) is 0.811. The van der Waals surface area contributed by atoms with E-state index in [0.29, 0.717) is 25.1 Å². The van der Waals surface area contributed by atoms with Crippen LogP contribution in [0.4, 0.5) is 4.79 Å². The molecule has 0 spiro atoms. The molecule has 1 aromatic carbocycles. The van der Waals surface area contributed by atoms with Crippen LogP contribution in [0.5, 0.6) is 0 Å². The zero-order valence-corrected chi connectivity index (χ0v) is 12.7. The topological polar surface area (TPSA) is 66.9 Å². The first kappa shape index (κ1) is 14.1. The van der Waals surface area contributed by atoms with E-state index in [1.165, 1.54) is 0 Å². The highest BCUT2D eigenvalue weighted by Gasteiger charge is 2.41. The Morgan fingerprint density at radius 2 is 2.14 bits per heavy atom. The van der Waals surface area contributed by atoms with Crippen LogP contribution in [-0.2, 0) is 9.53 Å². The van der Waals surface area contributed by atoms with E-state index in [1.54, 1.807) is 23.1 Å². The summed E-state index contributed by atoms with van der Waals surface area (Å²) in [6, 6.07) is 6.86. The summed E-state index contributed by atoms with van der Waals surface area (Å²) in [5, 5.41) is 0. The van der Waals surface area contributed by atoms with Crippen molar-refractivity contribution >= 4 is 33.8 Å². The number of carbonyl (C=O) groups excluding carboxylic acids is 3. The third-order valence-electron chi connectivity index (χ3n) is 3.67. The fourth-order valence-electron chi connectivity index (χ4n) is 2.66. The molecular weight excluding hydrogens is 340 g/mol. The van der Waals surface area contributed by atoms with Crippen LogP contribution in [0.25, 0.3) is 0 Å². The molecule has 1 aromatic rings.